The lowest BCUT2D eigenvalue weighted by atomic mass is 10.0. The van der Waals surface area contributed by atoms with Crippen LogP contribution in [0.4, 0.5) is 5.69 Å². The molecule has 0 radical (unpaired) electrons. The standard InChI is InChI=1S/C23H21N5O3/c1-28-10-9-23(31,22(28)30)8-7-14-3-2-4-17(11-14)25-21(29)19-18-12-16(15-5-6-15)13-24-20(18)27-26-19/h2-4,11-13,15,31H,5-6,9-10H2,1H3,(H,25,29)(H,24,26,27)/t23-/m0/s1. The number of nitrogens with zero attached hydrogens (tertiary/aromatic N) is 3. The van der Waals surface area contributed by atoms with Crippen LogP contribution in [0.25, 0.3) is 11.0 Å². The average Bonchev–Trinajstić information content (AvgIpc) is 3.49. The third-order valence-corrected chi connectivity index (χ3v) is 5.75. The predicted octanol–water partition coefficient (Wildman–Crippen LogP) is 2.03. The number of aliphatic hydroxyl groups is 1. The third-order valence-electron chi connectivity index (χ3n) is 5.75. The number of carbonyl (C=O) groups is 2. The van der Waals surface area contributed by atoms with Gasteiger partial charge in [-0.3, -0.25) is 14.7 Å². The fraction of sp³-hybridized carbons (Fsp3) is 0.304. The lowest BCUT2D eigenvalue weighted by Gasteiger charge is -2.13. The number of fused-ring (bicyclic) bond motifs is 1. The van der Waals surface area contributed by atoms with Crippen molar-refractivity contribution < 1.29 is 14.7 Å². The summed E-state index contributed by atoms with van der Waals surface area (Å²) in [6.07, 6.45) is 4.40. The Balaban J connectivity index is 1.36. The van der Waals surface area contributed by atoms with Crippen molar-refractivity contribution in [1.82, 2.24) is 20.1 Å². The number of benzene rings is 1. The second-order valence-corrected chi connectivity index (χ2v) is 8.13. The highest BCUT2D eigenvalue weighted by Gasteiger charge is 2.42. The maximum absolute atomic E-state index is 12.9. The van der Waals surface area contributed by atoms with Crippen LogP contribution in [-0.2, 0) is 4.79 Å². The summed E-state index contributed by atoms with van der Waals surface area (Å²) in [5, 5.41) is 20.9. The number of carbonyl (C=O) groups excluding carboxylic acids is 2. The number of likely N-dealkylation sites (tertiary alicyclic amines) is 1. The van der Waals surface area contributed by atoms with Crippen molar-refractivity contribution in [2.45, 2.75) is 30.8 Å². The maximum Gasteiger partial charge on any atom is 0.274 e. The van der Waals surface area contributed by atoms with Crippen LogP contribution in [0.15, 0.2) is 36.5 Å². The Morgan fingerprint density at radius 3 is 2.94 bits per heavy atom. The molecule has 1 aliphatic carbocycles. The van der Waals surface area contributed by atoms with Crippen molar-refractivity contribution in [2.75, 3.05) is 18.9 Å². The molecule has 1 saturated heterocycles. The van der Waals surface area contributed by atoms with Crippen LogP contribution in [0, 0.1) is 11.8 Å². The summed E-state index contributed by atoms with van der Waals surface area (Å²) in [4.78, 5) is 30.7. The van der Waals surface area contributed by atoms with Crippen LogP contribution in [-0.4, -0.2) is 56.2 Å². The Morgan fingerprint density at radius 2 is 2.19 bits per heavy atom. The molecular weight excluding hydrogens is 394 g/mol. The third kappa shape index (κ3) is 3.64. The second-order valence-electron chi connectivity index (χ2n) is 8.13. The smallest absolute Gasteiger partial charge is 0.274 e. The van der Waals surface area contributed by atoms with Crippen LogP contribution in [0.1, 0.15) is 46.8 Å². The van der Waals surface area contributed by atoms with E-state index in [-0.39, 0.29) is 12.3 Å². The largest absolute Gasteiger partial charge is 0.369 e. The van der Waals surface area contributed by atoms with Crippen LogP contribution in [0.5, 0.6) is 0 Å². The molecule has 2 amide bonds. The first kappa shape index (κ1) is 19.3. The molecule has 2 aromatic heterocycles. The van der Waals surface area contributed by atoms with Gasteiger partial charge in [-0.15, -0.1) is 0 Å². The van der Waals surface area contributed by atoms with Gasteiger partial charge in [-0.2, -0.15) is 5.10 Å². The van der Waals surface area contributed by atoms with Crippen molar-refractivity contribution in [3.63, 3.8) is 0 Å². The summed E-state index contributed by atoms with van der Waals surface area (Å²) in [7, 11) is 1.64. The molecule has 3 heterocycles. The van der Waals surface area contributed by atoms with Gasteiger partial charge in [0, 0.05) is 37.5 Å². The number of H-pyrrole nitrogens is 1. The molecule has 8 heteroatoms. The van der Waals surface area contributed by atoms with Crippen LogP contribution < -0.4 is 5.32 Å². The van der Waals surface area contributed by atoms with Crippen LogP contribution in [0.2, 0.25) is 0 Å². The first-order valence-corrected chi connectivity index (χ1v) is 10.2. The van der Waals surface area contributed by atoms with Crippen molar-refractivity contribution in [3.8, 4) is 11.8 Å². The van der Waals surface area contributed by atoms with E-state index in [1.165, 1.54) is 4.90 Å². The van der Waals surface area contributed by atoms with E-state index in [2.05, 4.69) is 32.3 Å². The van der Waals surface area contributed by atoms with E-state index in [9.17, 15) is 14.7 Å². The first-order chi connectivity index (χ1) is 14.9. The lowest BCUT2D eigenvalue weighted by Crippen LogP contribution is -2.37. The van der Waals surface area contributed by atoms with Gasteiger partial charge in [0.25, 0.3) is 11.8 Å². The average molecular weight is 415 g/mol. The Labute approximate surface area is 178 Å². The second kappa shape index (κ2) is 7.22. The minimum absolute atomic E-state index is 0.273. The van der Waals surface area contributed by atoms with Gasteiger partial charge < -0.3 is 15.3 Å². The van der Waals surface area contributed by atoms with E-state index in [4.69, 9.17) is 0 Å². The number of likely N-dealkylation sites (N-methyl/N-ethyl adjacent to an activating group) is 1. The normalized spacial score (nSPS) is 20.6. The van der Waals surface area contributed by atoms with Gasteiger partial charge >= 0.3 is 0 Å². The van der Waals surface area contributed by atoms with Gasteiger partial charge in [-0.1, -0.05) is 17.9 Å². The first-order valence-electron chi connectivity index (χ1n) is 10.2. The van der Waals surface area contributed by atoms with E-state index in [1.54, 1.807) is 31.3 Å². The fourth-order valence-electron chi connectivity index (χ4n) is 3.74. The molecular formula is C23H21N5O3. The van der Waals surface area contributed by atoms with Gasteiger partial charge in [-0.25, -0.2) is 4.98 Å². The highest BCUT2D eigenvalue weighted by atomic mass is 16.3. The molecule has 3 N–H and O–H groups in total. The number of hydrogen-bond donors (Lipinski definition) is 3. The van der Waals surface area contributed by atoms with Gasteiger partial charge in [0.15, 0.2) is 5.65 Å². The molecule has 0 spiro atoms. The van der Waals surface area contributed by atoms with E-state index in [0.717, 1.165) is 18.4 Å². The SMILES string of the molecule is CN1CC[C@@](O)(C#Cc2cccc(NC(=O)c3[nH]nc4ncc(C5CC5)cc34)c2)C1=O. The zero-order chi connectivity index (χ0) is 21.6. The van der Waals surface area contributed by atoms with Crippen molar-refractivity contribution in [2.24, 2.45) is 0 Å². The van der Waals surface area contributed by atoms with E-state index in [1.807, 2.05) is 12.3 Å². The zero-order valence-corrected chi connectivity index (χ0v) is 17.0. The molecule has 5 rings (SSSR count). The number of nitrogens with one attached hydrogen (secondary N) is 2. The summed E-state index contributed by atoms with van der Waals surface area (Å²) < 4.78 is 0. The summed E-state index contributed by atoms with van der Waals surface area (Å²) in [5.41, 5.74) is 1.47. The number of aromatic nitrogens is 3. The van der Waals surface area contributed by atoms with E-state index < -0.39 is 11.5 Å². The van der Waals surface area contributed by atoms with E-state index in [0.29, 0.717) is 40.4 Å². The summed E-state index contributed by atoms with van der Waals surface area (Å²) in [6.45, 7) is 0.468. The Bertz CT molecular complexity index is 1270. The number of amides is 2. The Hall–Kier alpha value is -3.70. The van der Waals surface area contributed by atoms with Gasteiger partial charge in [0.1, 0.15) is 5.69 Å². The number of anilines is 1. The monoisotopic (exact) mass is 415 g/mol. The minimum Gasteiger partial charge on any atom is -0.369 e. The molecule has 1 saturated carbocycles. The number of rotatable bonds is 3. The fourth-order valence-corrected chi connectivity index (χ4v) is 3.74. The highest BCUT2D eigenvalue weighted by molar-refractivity contribution is 6.10. The number of aromatic amines is 1. The molecule has 3 aromatic rings. The molecule has 0 bridgehead atoms. The molecule has 2 aliphatic rings. The predicted molar refractivity (Wildman–Crippen MR) is 114 cm³/mol. The van der Waals surface area contributed by atoms with Crippen molar-refractivity contribution >= 4 is 28.5 Å². The van der Waals surface area contributed by atoms with Crippen molar-refractivity contribution in [3.05, 3.63) is 53.3 Å². The molecule has 1 aliphatic heterocycles. The summed E-state index contributed by atoms with van der Waals surface area (Å²) in [6, 6.07) is 8.94. The molecule has 2 fully saturated rings. The van der Waals surface area contributed by atoms with Crippen molar-refractivity contribution in [1.29, 1.82) is 0 Å². The lowest BCUT2D eigenvalue weighted by molar-refractivity contribution is -0.137. The Kier molecular flexibility index (Phi) is 4.49. The molecule has 8 nitrogen and oxygen atoms in total. The topological polar surface area (TPSA) is 111 Å². The van der Waals surface area contributed by atoms with E-state index >= 15 is 0 Å². The quantitative estimate of drug-likeness (QED) is 0.567. The zero-order valence-electron chi connectivity index (χ0n) is 17.0. The summed E-state index contributed by atoms with van der Waals surface area (Å²) in [5.74, 6) is 5.35. The van der Waals surface area contributed by atoms with Gasteiger partial charge in [0.2, 0.25) is 5.60 Å². The Morgan fingerprint density at radius 1 is 1.35 bits per heavy atom. The minimum atomic E-state index is -1.66. The number of hydrogen-bond acceptors (Lipinski definition) is 5. The number of pyridine rings is 1. The van der Waals surface area contributed by atoms with Crippen LogP contribution in [0.3, 0.4) is 0 Å². The van der Waals surface area contributed by atoms with Crippen LogP contribution >= 0.6 is 0 Å². The summed E-state index contributed by atoms with van der Waals surface area (Å²) >= 11 is 0. The highest BCUT2D eigenvalue weighted by Crippen LogP contribution is 2.40. The molecule has 156 valence electrons. The molecule has 1 aromatic carbocycles. The van der Waals surface area contributed by atoms with Gasteiger partial charge in [0.05, 0.1) is 5.39 Å². The maximum atomic E-state index is 12.9. The molecule has 31 heavy (non-hydrogen) atoms. The van der Waals surface area contributed by atoms with Gasteiger partial charge in [-0.05, 0) is 48.6 Å². The molecule has 0 unspecified atom stereocenters. The molecule has 1 atom stereocenters.